The molecule has 1 aliphatic carbocycles. The molecule has 126 valence electrons. The first kappa shape index (κ1) is 15.3. The fourth-order valence-corrected chi connectivity index (χ4v) is 3.93. The molecule has 1 aromatic carbocycles. The molecule has 1 saturated carbocycles. The van der Waals surface area contributed by atoms with E-state index in [9.17, 15) is 9.18 Å². The van der Waals surface area contributed by atoms with Crippen LogP contribution in [-0.4, -0.2) is 27.8 Å². The van der Waals surface area contributed by atoms with Gasteiger partial charge in [0.1, 0.15) is 5.69 Å². The van der Waals surface area contributed by atoms with Crippen molar-refractivity contribution in [3.8, 4) is 5.69 Å². The van der Waals surface area contributed by atoms with Crippen LogP contribution >= 0.6 is 0 Å². The maximum atomic E-state index is 14.3. The summed E-state index contributed by atoms with van der Waals surface area (Å²) in [5, 5.41) is 10.3. The van der Waals surface area contributed by atoms with Crippen molar-refractivity contribution in [1.82, 2.24) is 15.1 Å². The summed E-state index contributed by atoms with van der Waals surface area (Å²) in [6.45, 7) is 0. The number of benzene rings is 1. The molecule has 3 atom stereocenters. The lowest BCUT2D eigenvalue weighted by Crippen LogP contribution is -2.39. The molecule has 2 fully saturated rings. The quantitative estimate of drug-likeness (QED) is 0.911. The minimum atomic E-state index is -0.412. The molecular weight excluding hydrogens is 307 g/mol. The number of nitrogens with one attached hydrogen (secondary N) is 2. The average Bonchev–Trinajstić information content (AvgIpc) is 3.24. The Morgan fingerprint density at radius 3 is 2.96 bits per heavy atom. The molecule has 2 heterocycles. The molecule has 1 aromatic heterocycles. The van der Waals surface area contributed by atoms with Crippen LogP contribution in [0.15, 0.2) is 36.7 Å². The van der Waals surface area contributed by atoms with Gasteiger partial charge in [0.2, 0.25) is 5.91 Å². The van der Waals surface area contributed by atoms with E-state index in [1.54, 1.807) is 30.6 Å². The largest absolute Gasteiger partial charge is 0.325 e. The number of carbonyl (C=O) groups excluding carboxylic acids is 1. The molecule has 0 bridgehead atoms. The van der Waals surface area contributed by atoms with Crippen LogP contribution in [0.4, 0.5) is 10.1 Å². The molecule has 3 unspecified atom stereocenters. The third kappa shape index (κ3) is 2.94. The van der Waals surface area contributed by atoms with Crippen molar-refractivity contribution in [2.45, 2.75) is 44.2 Å². The van der Waals surface area contributed by atoms with E-state index in [0.29, 0.717) is 23.3 Å². The molecule has 1 amide bonds. The molecular formula is C18H21FN4O. The van der Waals surface area contributed by atoms with Gasteiger partial charge in [0.05, 0.1) is 6.04 Å². The van der Waals surface area contributed by atoms with E-state index in [4.69, 9.17) is 0 Å². The molecule has 2 aromatic rings. The van der Waals surface area contributed by atoms with Crippen LogP contribution < -0.4 is 10.6 Å². The van der Waals surface area contributed by atoms with Crippen LogP contribution in [0.1, 0.15) is 32.1 Å². The molecule has 4 rings (SSSR count). The fourth-order valence-electron chi connectivity index (χ4n) is 3.93. The number of carbonyl (C=O) groups is 1. The lowest BCUT2D eigenvalue weighted by Gasteiger charge is -2.24. The Kier molecular flexibility index (Phi) is 4.06. The van der Waals surface area contributed by atoms with Gasteiger partial charge in [0.25, 0.3) is 0 Å². The van der Waals surface area contributed by atoms with Crippen molar-refractivity contribution in [3.05, 3.63) is 42.5 Å². The molecule has 0 spiro atoms. The summed E-state index contributed by atoms with van der Waals surface area (Å²) < 4.78 is 15.7. The second-order valence-electron chi connectivity index (χ2n) is 6.71. The van der Waals surface area contributed by atoms with Gasteiger partial charge in [-0.3, -0.25) is 4.79 Å². The van der Waals surface area contributed by atoms with Gasteiger partial charge in [-0.15, -0.1) is 0 Å². The van der Waals surface area contributed by atoms with Crippen molar-refractivity contribution in [2.24, 2.45) is 5.92 Å². The fraction of sp³-hybridized carbons (Fsp3) is 0.444. The number of anilines is 1. The summed E-state index contributed by atoms with van der Waals surface area (Å²) in [6, 6.07) is 6.71. The lowest BCUT2D eigenvalue weighted by molar-refractivity contribution is -0.117. The van der Waals surface area contributed by atoms with Gasteiger partial charge >= 0.3 is 0 Å². The number of halogens is 1. The summed E-state index contributed by atoms with van der Waals surface area (Å²) in [6.07, 6.45) is 9.02. The third-order valence-electron chi connectivity index (χ3n) is 5.15. The van der Waals surface area contributed by atoms with E-state index in [-0.39, 0.29) is 11.9 Å². The van der Waals surface area contributed by atoms with Crippen LogP contribution in [0, 0.1) is 11.7 Å². The highest BCUT2D eigenvalue weighted by Gasteiger charge is 2.38. The number of amides is 1. The Hall–Kier alpha value is -2.21. The highest BCUT2D eigenvalue weighted by Crippen LogP contribution is 2.33. The number of nitrogens with zero attached hydrogens (tertiary/aromatic N) is 2. The monoisotopic (exact) mass is 328 g/mol. The first-order valence-electron chi connectivity index (χ1n) is 8.57. The highest BCUT2D eigenvalue weighted by molar-refractivity contribution is 5.95. The molecule has 0 radical (unpaired) electrons. The summed E-state index contributed by atoms with van der Waals surface area (Å²) in [4.78, 5) is 12.5. The SMILES string of the molecule is O=C(Nc1ccc(-n2cccn2)c(F)c1)C1CC2CCCCC2N1. The Morgan fingerprint density at radius 2 is 2.21 bits per heavy atom. The predicted molar refractivity (Wildman–Crippen MR) is 89.4 cm³/mol. The standard InChI is InChI=1S/C18H21FN4O/c19-14-11-13(6-7-17(14)23-9-3-8-20-23)21-18(24)16-10-12-4-1-2-5-15(12)22-16/h3,6-9,11-12,15-16,22H,1-2,4-5,10H2,(H,21,24). The molecule has 1 saturated heterocycles. The van der Waals surface area contributed by atoms with Crippen molar-refractivity contribution < 1.29 is 9.18 Å². The smallest absolute Gasteiger partial charge is 0.241 e. The normalized spacial score (nSPS) is 26.1. The Balaban J connectivity index is 1.44. The van der Waals surface area contributed by atoms with Gasteiger partial charge < -0.3 is 10.6 Å². The van der Waals surface area contributed by atoms with Crippen molar-refractivity contribution in [1.29, 1.82) is 0 Å². The molecule has 24 heavy (non-hydrogen) atoms. The maximum Gasteiger partial charge on any atom is 0.241 e. The zero-order valence-corrected chi connectivity index (χ0v) is 13.4. The van der Waals surface area contributed by atoms with E-state index >= 15 is 0 Å². The van der Waals surface area contributed by atoms with E-state index in [1.165, 1.54) is 30.0 Å². The second kappa shape index (κ2) is 6.36. The number of rotatable bonds is 3. The summed E-state index contributed by atoms with van der Waals surface area (Å²) in [7, 11) is 0. The van der Waals surface area contributed by atoms with Gasteiger partial charge in [0, 0.05) is 24.1 Å². The third-order valence-corrected chi connectivity index (χ3v) is 5.15. The van der Waals surface area contributed by atoms with E-state index in [2.05, 4.69) is 15.7 Å². The van der Waals surface area contributed by atoms with Crippen molar-refractivity contribution >= 4 is 11.6 Å². The van der Waals surface area contributed by atoms with Gasteiger partial charge in [-0.2, -0.15) is 5.10 Å². The van der Waals surface area contributed by atoms with Crippen molar-refractivity contribution in [3.63, 3.8) is 0 Å². The molecule has 5 nitrogen and oxygen atoms in total. The van der Waals surface area contributed by atoms with Gasteiger partial charge in [0.15, 0.2) is 5.82 Å². The summed E-state index contributed by atoms with van der Waals surface area (Å²) in [5.74, 6) is 0.119. The van der Waals surface area contributed by atoms with Gasteiger partial charge in [-0.1, -0.05) is 12.8 Å². The van der Waals surface area contributed by atoms with Crippen LogP contribution in [0.2, 0.25) is 0 Å². The van der Waals surface area contributed by atoms with Crippen LogP contribution in [0.25, 0.3) is 5.69 Å². The summed E-state index contributed by atoms with van der Waals surface area (Å²) in [5.41, 5.74) is 0.841. The second-order valence-corrected chi connectivity index (χ2v) is 6.71. The topological polar surface area (TPSA) is 59.0 Å². The molecule has 2 N–H and O–H groups in total. The van der Waals surface area contributed by atoms with Gasteiger partial charge in [-0.25, -0.2) is 9.07 Å². The maximum absolute atomic E-state index is 14.3. The number of hydrogen-bond donors (Lipinski definition) is 2. The zero-order valence-electron chi connectivity index (χ0n) is 13.4. The number of fused-ring (bicyclic) bond motifs is 1. The van der Waals surface area contributed by atoms with Crippen LogP contribution in [-0.2, 0) is 4.79 Å². The molecule has 1 aliphatic heterocycles. The van der Waals surface area contributed by atoms with E-state index in [1.807, 2.05) is 0 Å². The van der Waals surface area contributed by atoms with Crippen LogP contribution in [0.3, 0.4) is 0 Å². The summed E-state index contributed by atoms with van der Waals surface area (Å²) >= 11 is 0. The lowest BCUT2D eigenvalue weighted by atomic mass is 9.85. The van der Waals surface area contributed by atoms with Crippen LogP contribution in [0.5, 0.6) is 0 Å². The van der Waals surface area contributed by atoms with Gasteiger partial charge in [-0.05, 0) is 49.4 Å². The van der Waals surface area contributed by atoms with Crippen molar-refractivity contribution in [2.75, 3.05) is 5.32 Å². The highest BCUT2D eigenvalue weighted by atomic mass is 19.1. The number of hydrogen-bond acceptors (Lipinski definition) is 3. The number of aromatic nitrogens is 2. The molecule has 6 heteroatoms. The first-order valence-corrected chi connectivity index (χ1v) is 8.57. The zero-order chi connectivity index (χ0) is 16.5. The predicted octanol–water partition coefficient (Wildman–Crippen LogP) is 2.87. The molecule has 2 aliphatic rings. The Morgan fingerprint density at radius 1 is 1.33 bits per heavy atom. The first-order chi connectivity index (χ1) is 11.7. The average molecular weight is 328 g/mol. The minimum absolute atomic E-state index is 0.0735. The van der Waals surface area contributed by atoms with E-state index in [0.717, 1.165) is 12.8 Å². The van der Waals surface area contributed by atoms with E-state index < -0.39 is 5.82 Å². The minimum Gasteiger partial charge on any atom is -0.325 e. The Labute approximate surface area is 140 Å². The Bertz CT molecular complexity index is 717.